The highest BCUT2D eigenvalue weighted by Crippen LogP contribution is 2.31. The van der Waals surface area contributed by atoms with Crippen LogP contribution in [0.4, 0.5) is 15.0 Å². The lowest BCUT2D eigenvalue weighted by molar-refractivity contribution is 0.155. The zero-order valence-electron chi connectivity index (χ0n) is 17.4. The van der Waals surface area contributed by atoms with E-state index in [1.54, 1.807) is 27.7 Å². The number of nitrogens with one attached hydrogen (secondary N) is 1. The Morgan fingerprint density at radius 1 is 1.19 bits per heavy atom. The van der Waals surface area contributed by atoms with E-state index in [1.165, 1.54) is 19.2 Å². The minimum absolute atomic E-state index is 0.121. The highest BCUT2D eigenvalue weighted by Gasteiger charge is 2.16. The maximum Gasteiger partial charge on any atom is 0.413 e. The summed E-state index contributed by atoms with van der Waals surface area (Å²) in [6, 6.07) is 11.7. The predicted molar refractivity (Wildman–Crippen MR) is 114 cm³/mol. The lowest BCUT2D eigenvalue weighted by Gasteiger charge is -2.08. The lowest BCUT2D eigenvalue weighted by atomic mass is 10.1. The molecule has 0 aliphatic heterocycles. The number of ether oxygens (including phenoxy) is 2. The number of carbonyl (C=O) groups is 1. The van der Waals surface area contributed by atoms with Crippen molar-refractivity contribution >= 4 is 22.8 Å². The van der Waals surface area contributed by atoms with Gasteiger partial charge in [0.05, 0.1) is 24.5 Å². The van der Waals surface area contributed by atoms with Gasteiger partial charge in [0.2, 0.25) is 0 Å². The Morgan fingerprint density at radius 2 is 2.03 bits per heavy atom. The van der Waals surface area contributed by atoms with Crippen molar-refractivity contribution in [3.05, 3.63) is 60.0 Å². The van der Waals surface area contributed by atoms with Gasteiger partial charge in [-0.25, -0.2) is 13.9 Å². The molecule has 2 aromatic carbocycles. The minimum Gasteiger partial charge on any atom is -0.496 e. The van der Waals surface area contributed by atoms with E-state index in [1.807, 2.05) is 32.2 Å². The monoisotopic (exact) mass is 423 g/mol. The van der Waals surface area contributed by atoms with Crippen molar-refractivity contribution in [2.45, 2.75) is 20.1 Å². The van der Waals surface area contributed by atoms with E-state index < -0.39 is 11.9 Å². The smallest absolute Gasteiger partial charge is 0.413 e. The molecule has 0 bridgehead atoms. The summed E-state index contributed by atoms with van der Waals surface area (Å²) in [4.78, 5) is 12.4. The molecule has 0 spiro atoms. The number of halogens is 1. The Hall–Kier alpha value is -3.88. The van der Waals surface area contributed by atoms with Crippen LogP contribution < -0.4 is 10.1 Å². The quantitative estimate of drug-likeness (QED) is 0.498. The van der Waals surface area contributed by atoms with Crippen LogP contribution >= 0.6 is 0 Å². The van der Waals surface area contributed by atoms with Crippen LogP contribution in [-0.2, 0) is 24.9 Å². The Morgan fingerprint density at radius 3 is 2.81 bits per heavy atom. The number of aryl methyl sites for hydroxylation is 2. The molecule has 0 saturated heterocycles. The summed E-state index contributed by atoms with van der Waals surface area (Å²) in [5.74, 6) is 0.430. The van der Waals surface area contributed by atoms with Gasteiger partial charge in [-0.15, -0.1) is 0 Å². The number of hydrogen-bond donors (Lipinski definition) is 1. The zero-order valence-corrected chi connectivity index (χ0v) is 17.4. The van der Waals surface area contributed by atoms with Gasteiger partial charge in [0.25, 0.3) is 0 Å². The number of nitrogens with zero attached hydrogens (tertiary/aromatic N) is 4. The van der Waals surface area contributed by atoms with Crippen LogP contribution in [0.1, 0.15) is 12.5 Å². The molecule has 0 atom stereocenters. The first-order valence-electron chi connectivity index (χ1n) is 9.74. The SMILES string of the molecule is CCn1nc(-c2ccc(F)cc2OC)cc1NC(=O)OCc1ccc2c(cnn2C)c1. The summed E-state index contributed by atoms with van der Waals surface area (Å²) in [5.41, 5.74) is 3.04. The van der Waals surface area contributed by atoms with Crippen LogP contribution in [0.25, 0.3) is 22.2 Å². The van der Waals surface area contributed by atoms with E-state index in [4.69, 9.17) is 9.47 Å². The summed E-state index contributed by atoms with van der Waals surface area (Å²) >= 11 is 0. The van der Waals surface area contributed by atoms with Crippen LogP contribution in [-0.4, -0.2) is 32.8 Å². The summed E-state index contributed by atoms with van der Waals surface area (Å²) < 4.78 is 27.5. The minimum atomic E-state index is -0.599. The largest absolute Gasteiger partial charge is 0.496 e. The van der Waals surface area contributed by atoms with Crippen molar-refractivity contribution in [2.75, 3.05) is 12.4 Å². The fraction of sp³-hybridized carbons (Fsp3) is 0.227. The van der Waals surface area contributed by atoms with Crippen molar-refractivity contribution in [3.63, 3.8) is 0 Å². The molecule has 160 valence electrons. The molecule has 1 amide bonds. The van der Waals surface area contributed by atoms with Crippen molar-refractivity contribution in [1.82, 2.24) is 19.6 Å². The number of fused-ring (bicyclic) bond motifs is 1. The fourth-order valence-corrected chi connectivity index (χ4v) is 3.36. The number of aromatic nitrogens is 4. The van der Waals surface area contributed by atoms with Gasteiger partial charge in [0, 0.05) is 36.7 Å². The third-order valence-corrected chi connectivity index (χ3v) is 4.93. The highest BCUT2D eigenvalue weighted by atomic mass is 19.1. The van der Waals surface area contributed by atoms with Crippen LogP contribution in [0.15, 0.2) is 48.7 Å². The number of hydrogen-bond acceptors (Lipinski definition) is 5. The molecule has 1 N–H and O–H groups in total. The van der Waals surface area contributed by atoms with Crippen LogP contribution in [0, 0.1) is 5.82 Å². The number of rotatable bonds is 6. The Bertz CT molecular complexity index is 1250. The number of methoxy groups -OCH3 is 1. The normalized spacial score (nSPS) is 11.0. The third-order valence-electron chi connectivity index (χ3n) is 4.93. The van der Waals surface area contributed by atoms with Gasteiger partial charge in [-0.05, 0) is 36.8 Å². The van der Waals surface area contributed by atoms with E-state index in [9.17, 15) is 9.18 Å². The van der Waals surface area contributed by atoms with Crippen LogP contribution in [0.2, 0.25) is 0 Å². The van der Waals surface area contributed by atoms with Gasteiger partial charge >= 0.3 is 6.09 Å². The summed E-state index contributed by atoms with van der Waals surface area (Å²) in [5, 5.41) is 12.4. The zero-order chi connectivity index (χ0) is 22.0. The van der Waals surface area contributed by atoms with Gasteiger partial charge in [-0.3, -0.25) is 10.00 Å². The van der Waals surface area contributed by atoms with Crippen molar-refractivity contribution in [1.29, 1.82) is 0 Å². The molecule has 31 heavy (non-hydrogen) atoms. The number of carbonyl (C=O) groups excluding carboxylic acids is 1. The maximum absolute atomic E-state index is 13.5. The molecule has 0 fully saturated rings. The van der Waals surface area contributed by atoms with Crippen LogP contribution in [0.3, 0.4) is 0 Å². The molecule has 2 aromatic heterocycles. The standard InChI is InChI=1S/C22H22FN5O3/c1-4-28-21(11-18(26-28)17-7-6-16(23)10-20(17)30-3)25-22(29)31-13-14-5-8-19-15(9-14)12-24-27(19)2/h5-12H,4,13H2,1-3H3,(H,25,29). The van der Waals surface area contributed by atoms with E-state index >= 15 is 0 Å². The van der Waals surface area contributed by atoms with Crippen molar-refractivity contribution in [3.8, 4) is 17.0 Å². The number of anilines is 1. The average Bonchev–Trinajstić information content (AvgIpc) is 3.35. The molecule has 9 heteroatoms. The second-order valence-electron chi connectivity index (χ2n) is 6.94. The first kappa shape index (κ1) is 20.4. The van der Waals surface area contributed by atoms with E-state index in [-0.39, 0.29) is 6.61 Å². The average molecular weight is 423 g/mol. The third kappa shape index (κ3) is 4.20. The molecule has 0 unspecified atom stereocenters. The molecular weight excluding hydrogens is 401 g/mol. The molecule has 0 aliphatic rings. The van der Waals surface area contributed by atoms with Gasteiger partial charge in [-0.1, -0.05) is 6.07 Å². The highest BCUT2D eigenvalue weighted by molar-refractivity contribution is 5.85. The van der Waals surface area contributed by atoms with E-state index in [0.717, 1.165) is 16.5 Å². The second-order valence-corrected chi connectivity index (χ2v) is 6.94. The molecule has 4 aromatic rings. The summed E-state index contributed by atoms with van der Waals surface area (Å²) in [7, 11) is 3.34. The molecule has 0 aliphatic carbocycles. The molecular formula is C22H22FN5O3. The van der Waals surface area contributed by atoms with E-state index in [2.05, 4.69) is 15.5 Å². The topological polar surface area (TPSA) is 83.2 Å². The molecule has 2 heterocycles. The Balaban J connectivity index is 1.47. The number of benzene rings is 2. The summed E-state index contributed by atoms with van der Waals surface area (Å²) in [6.45, 7) is 2.55. The van der Waals surface area contributed by atoms with E-state index in [0.29, 0.717) is 29.4 Å². The number of amides is 1. The van der Waals surface area contributed by atoms with Gasteiger partial charge in [0.15, 0.2) is 0 Å². The molecule has 4 rings (SSSR count). The van der Waals surface area contributed by atoms with Crippen LogP contribution in [0.5, 0.6) is 5.75 Å². The fourth-order valence-electron chi connectivity index (χ4n) is 3.36. The van der Waals surface area contributed by atoms with Gasteiger partial charge in [-0.2, -0.15) is 10.2 Å². The summed E-state index contributed by atoms with van der Waals surface area (Å²) in [6.07, 6.45) is 1.17. The van der Waals surface area contributed by atoms with Crippen molar-refractivity contribution in [2.24, 2.45) is 7.05 Å². The molecule has 8 nitrogen and oxygen atoms in total. The Kier molecular flexibility index (Phi) is 5.57. The molecule has 0 saturated carbocycles. The Labute approximate surface area is 178 Å². The second kappa shape index (κ2) is 8.47. The maximum atomic E-state index is 13.5. The lowest BCUT2D eigenvalue weighted by Crippen LogP contribution is -2.16. The van der Waals surface area contributed by atoms with Gasteiger partial charge in [0.1, 0.15) is 24.0 Å². The first-order valence-corrected chi connectivity index (χ1v) is 9.74. The van der Waals surface area contributed by atoms with Crippen molar-refractivity contribution < 1.29 is 18.7 Å². The first-order chi connectivity index (χ1) is 15.0. The molecule has 0 radical (unpaired) electrons. The van der Waals surface area contributed by atoms with Gasteiger partial charge < -0.3 is 9.47 Å². The predicted octanol–water partition coefficient (Wildman–Crippen LogP) is 4.35.